The molecule has 2 N–H and O–H groups in total. The molecule has 0 spiro atoms. The highest BCUT2D eigenvalue weighted by Gasteiger charge is 2.33. The number of rotatable bonds is 12. The quantitative estimate of drug-likeness (QED) is 0.295. The molecule has 3 aromatic rings. The SMILES string of the molecule is CCN(CC)CC(c1ccc(C)cc1)N1CCN(C(=O)[C@@H](Cc2ccc(Cl)cc2)NC(=O)CC2NCc3ccccc32)CC1. The van der Waals surface area contributed by atoms with Gasteiger partial charge in [-0.15, -0.1) is 0 Å². The van der Waals surface area contributed by atoms with Crippen LogP contribution in [0.3, 0.4) is 0 Å². The highest BCUT2D eigenvalue weighted by molar-refractivity contribution is 6.30. The number of carbonyl (C=O) groups is 2. The summed E-state index contributed by atoms with van der Waals surface area (Å²) in [4.78, 5) is 34.3. The fourth-order valence-electron chi connectivity index (χ4n) is 6.48. The molecule has 1 fully saturated rings. The predicted molar refractivity (Wildman–Crippen MR) is 178 cm³/mol. The lowest BCUT2D eigenvalue weighted by atomic mass is 10.0. The van der Waals surface area contributed by atoms with Crippen LogP contribution in [0.15, 0.2) is 72.8 Å². The van der Waals surface area contributed by atoms with Gasteiger partial charge in [0.1, 0.15) is 6.04 Å². The minimum atomic E-state index is -0.643. The average Bonchev–Trinajstić information content (AvgIpc) is 3.45. The van der Waals surface area contributed by atoms with Gasteiger partial charge in [-0.3, -0.25) is 14.5 Å². The van der Waals surface area contributed by atoms with Crippen LogP contribution in [0, 0.1) is 6.92 Å². The number of nitrogens with one attached hydrogen (secondary N) is 2. The van der Waals surface area contributed by atoms with E-state index < -0.39 is 6.04 Å². The van der Waals surface area contributed by atoms with E-state index in [1.807, 2.05) is 41.3 Å². The molecule has 0 aromatic heterocycles. The van der Waals surface area contributed by atoms with Gasteiger partial charge in [0.15, 0.2) is 0 Å². The molecule has 2 aliphatic rings. The Labute approximate surface area is 267 Å². The summed E-state index contributed by atoms with van der Waals surface area (Å²) in [6, 6.07) is 24.2. The topological polar surface area (TPSA) is 67.9 Å². The van der Waals surface area contributed by atoms with E-state index in [2.05, 4.69) is 77.6 Å². The summed E-state index contributed by atoms with van der Waals surface area (Å²) in [5, 5.41) is 7.22. The number of carbonyl (C=O) groups excluding carboxylic acids is 2. The van der Waals surface area contributed by atoms with Crippen molar-refractivity contribution < 1.29 is 9.59 Å². The van der Waals surface area contributed by atoms with Crippen molar-refractivity contribution in [2.45, 2.75) is 58.3 Å². The fraction of sp³-hybridized carbons (Fsp3) is 0.444. The van der Waals surface area contributed by atoms with Gasteiger partial charge in [-0.05, 0) is 54.4 Å². The Kier molecular flexibility index (Phi) is 11.1. The number of hydrogen-bond acceptors (Lipinski definition) is 5. The summed E-state index contributed by atoms with van der Waals surface area (Å²) in [6.07, 6.45) is 0.712. The third kappa shape index (κ3) is 8.07. The van der Waals surface area contributed by atoms with Crippen molar-refractivity contribution in [2.24, 2.45) is 0 Å². The van der Waals surface area contributed by atoms with E-state index in [1.54, 1.807) is 0 Å². The van der Waals surface area contributed by atoms with Gasteiger partial charge in [0, 0.05) is 69.2 Å². The number of benzene rings is 3. The van der Waals surface area contributed by atoms with E-state index in [4.69, 9.17) is 11.6 Å². The number of piperazine rings is 1. The Balaban J connectivity index is 1.27. The smallest absolute Gasteiger partial charge is 0.245 e. The first-order valence-electron chi connectivity index (χ1n) is 16.0. The van der Waals surface area contributed by atoms with Gasteiger partial charge in [0.2, 0.25) is 11.8 Å². The molecule has 0 radical (unpaired) electrons. The van der Waals surface area contributed by atoms with E-state index >= 15 is 0 Å². The van der Waals surface area contributed by atoms with Crippen LogP contribution in [0.1, 0.15) is 60.2 Å². The maximum Gasteiger partial charge on any atom is 0.245 e. The molecule has 5 rings (SSSR count). The van der Waals surface area contributed by atoms with Gasteiger partial charge < -0.3 is 20.4 Å². The van der Waals surface area contributed by atoms with Crippen molar-refractivity contribution in [3.63, 3.8) is 0 Å². The summed E-state index contributed by atoms with van der Waals surface area (Å²) in [6.45, 7) is 13.1. The van der Waals surface area contributed by atoms with E-state index in [-0.39, 0.29) is 23.9 Å². The second-order valence-electron chi connectivity index (χ2n) is 12.1. The first kappa shape index (κ1) is 32.2. The second kappa shape index (κ2) is 15.2. The molecular weight excluding hydrogens is 570 g/mol. The minimum absolute atomic E-state index is 0.0247. The van der Waals surface area contributed by atoms with Gasteiger partial charge >= 0.3 is 0 Å². The number of likely N-dealkylation sites (N-methyl/N-ethyl adjacent to an activating group) is 1. The lowest BCUT2D eigenvalue weighted by molar-refractivity contribution is -0.138. The van der Waals surface area contributed by atoms with Crippen molar-refractivity contribution in [1.82, 2.24) is 25.3 Å². The van der Waals surface area contributed by atoms with Crippen molar-refractivity contribution in [3.05, 3.63) is 106 Å². The van der Waals surface area contributed by atoms with E-state index in [1.165, 1.54) is 16.7 Å². The molecule has 8 heteroatoms. The molecule has 3 aromatic carbocycles. The van der Waals surface area contributed by atoms with E-state index in [0.717, 1.165) is 50.4 Å². The molecule has 0 bridgehead atoms. The molecule has 2 heterocycles. The Morgan fingerprint density at radius 3 is 2.32 bits per heavy atom. The van der Waals surface area contributed by atoms with Crippen LogP contribution in [0.2, 0.25) is 5.02 Å². The van der Waals surface area contributed by atoms with Gasteiger partial charge in [-0.25, -0.2) is 0 Å². The van der Waals surface area contributed by atoms with E-state index in [9.17, 15) is 9.59 Å². The van der Waals surface area contributed by atoms with Crippen molar-refractivity contribution in [2.75, 3.05) is 45.8 Å². The minimum Gasteiger partial charge on any atom is -0.344 e. The number of amides is 2. The summed E-state index contributed by atoms with van der Waals surface area (Å²) in [5.41, 5.74) is 5.92. The zero-order valence-corrected chi connectivity index (χ0v) is 27.0. The Morgan fingerprint density at radius 2 is 1.64 bits per heavy atom. The van der Waals surface area contributed by atoms with Crippen molar-refractivity contribution in [3.8, 4) is 0 Å². The number of fused-ring (bicyclic) bond motifs is 1. The highest BCUT2D eigenvalue weighted by Crippen LogP contribution is 2.28. The summed E-state index contributed by atoms with van der Waals surface area (Å²) < 4.78 is 0. The third-order valence-corrected chi connectivity index (χ3v) is 9.45. The number of halogens is 1. The molecule has 7 nitrogen and oxygen atoms in total. The maximum atomic E-state index is 14.0. The largest absolute Gasteiger partial charge is 0.344 e. The van der Waals surface area contributed by atoms with Crippen LogP contribution in [-0.2, 0) is 22.6 Å². The summed E-state index contributed by atoms with van der Waals surface area (Å²) in [7, 11) is 0. The van der Waals surface area contributed by atoms with Crippen molar-refractivity contribution in [1.29, 1.82) is 0 Å². The van der Waals surface area contributed by atoms with Crippen LogP contribution >= 0.6 is 11.6 Å². The first-order valence-corrected chi connectivity index (χ1v) is 16.4. The number of nitrogens with zero attached hydrogens (tertiary/aromatic N) is 3. The van der Waals surface area contributed by atoms with Crippen molar-refractivity contribution >= 4 is 23.4 Å². The molecule has 2 unspecified atom stereocenters. The van der Waals surface area contributed by atoms with Crippen LogP contribution in [0.4, 0.5) is 0 Å². The first-order chi connectivity index (χ1) is 21.3. The van der Waals surface area contributed by atoms with Crippen LogP contribution < -0.4 is 10.6 Å². The van der Waals surface area contributed by atoms with Crippen LogP contribution in [0.5, 0.6) is 0 Å². The average molecular weight is 616 g/mol. The standard InChI is InChI=1S/C36H46ClN5O2/c1-4-40(5-2)25-34(28-14-10-26(3)11-15-28)41-18-20-42(21-19-41)36(44)33(22-27-12-16-30(37)17-13-27)39-35(43)23-32-31-9-7-6-8-29(31)24-38-32/h6-17,32-34,38H,4-5,18-25H2,1-3H3,(H,39,43)/t32?,33-,34?/m1/s1. The number of aryl methyl sites for hydroxylation is 1. The monoisotopic (exact) mass is 615 g/mol. The van der Waals surface area contributed by atoms with Gasteiger partial charge in [0.25, 0.3) is 0 Å². The summed E-state index contributed by atoms with van der Waals surface area (Å²) in [5.74, 6) is -0.146. The normalized spacial score (nSPS) is 18.2. The summed E-state index contributed by atoms with van der Waals surface area (Å²) >= 11 is 6.13. The van der Waals surface area contributed by atoms with Crippen LogP contribution in [0.25, 0.3) is 0 Å². The predicted octanol–water partition coefficient (Wildman–Crippen LogP) is 5.14. The molecule has 2 amide bonds. The third-order valence-electron chi connectivity index (χ3n) is 9.20. The Morgan fingerprint density at radius 1 is 0.955 bits per heavy atom. The fourth-order valence-corrected chi connectivity index (χ4v) is 6.60. The molecule has 44 heavy (non-hydrogen) atoms. The zero-order valence-electron chi connectivity index (χ0n) is 26.3. The Hall–Kier alpha value is -3.23. The van der Waals surface area contributed by atoms with Crippen LogP contribution in [-0.4, -0.2) is 78.4 Å². The Bertz CT molecular complexity index is 1380. The molecule has 234 valence electrons. The molecule has 2 aliphatic heterocycles. The number of hydrogen-bond donors (Lipinski definition) is 2. The zero-order chi connectivity index (χ0) is 31.1. The molecule has 0 saturated carbocycles. The molecule has 3 atom stereocenters. The van der Waals surface area contributed by atoms with Gasteiger partial charge in [-0.1, -0.05) is 91.7 Å². The molecule has 1 saturated heterocycles. The van der Waals surface area contributed by atoms with Gasteiger partial charge in [-0.2, -0.15) is 0 Å². The molecular formula is C36H46ClN5O2. The lowest BCUT2D eigenvalue weighted by Gasteiger charge is -2.42. The highest BCUT2D eigenvalue weighted by atomic mass is 35.5. The van der Waals surface area contributed by atoms with E-state index in [0.29, 0.717) is 31.0 Å². The van der Waals surface area contributed by atoms with Gasteiger partial charge in [0.05, 0.1) is 0 Å². The lowest BCUT2D eigenvalue weighted by Crippen LogP contribution is -2.56. The second-order valence-corrected chi connectivity index (χ2v) is 12.5. The molecule has 0 aliphatic carbocycles. The maximum absolute atomic E-state index is 14.0.